The van der Waals surface area contributed by atoms with E-state index in [0.717, 1.165) is 48.1 Å². The van der Waals surface area contributed by atoms with Crippen molar-refractivity contribution in [2.75, 3.05) is 0 Å². The number of ether oxygens (including phenoxy) is 1. The Kier molecular flexibility index (Phi) is 4.52. The lowest BCUT2D eigenvalue weighted by atomic mass is 9.66. The monoisotopic (exact) mass is 382 g/mol. The number of fused-ring (bicyclic) bond motifs is 3. The first kappa shape index (κ1) is 19.0. The maximum absolute atomic E-state index is 11.0. The lowest BCUT2D eigenvalue weighted by Gasteiger charge is -2.47. The largest absolute Gasteiger partial charge is 0.508 e. The first-order chi connectivity index (χ1) is 13.2. The van der Waals surface area contributed by atoms with Crippen molar-refractivity contribution in [2.45, 2.75) is 77.2 Å². The fraction of sp³-hybridized carbons (Fsp3) is 0.565. The highest BCUT2D eigenvalue weighted by molar-refractivity contribution is 5.64. The molecule has 0 radical (unpaired) electrons. The molecule has 5 heteroatoms. The van der Waals surface area contributed by atoms with E-state index in [1.807, 2.05) is 6.07 Å². The summed E-state index contributed by atoms with van der Waals surface area (Å²) >= 11 is 0. The molecule has 2 heterocycles. The molecule has 1 aromatic carbocycles. The first-order valence-corrected chi connectivity index (χ1v) is 10.2. The molecular formula is C23H30N2O3. The molecule has 4 rings (SSSR count). The van der Waals surface area contributed by atoms with Crippen molar-refractivity contribution in [3.05, 3.63) is 41.6 Å². The molecule has 28 heavy (non-hydrogen) atoms. The molecule has 5 nitrogen and oxygen atoms in total. The Hall–Kier alpha value is -2.30. The number of phenols is 1. The van der Waals surface area contributed by atoms with Gasteiger partial charge in [-0.2, -0.15) is 4.98 Å². The van der Waals surface area contributed by atoms with E-state index < -0.39 is 0 Å². The Morgan fingerprint density at radius 2 is 2.07 bits per heavy atom. The zero-order valence-electron chi connectivity index (χ0n) is 17.5. The van der Waals surface area contributed by atoms with Crippen LogP contribution in [0.4, 0.5) is 0 Å². The van der Waals surface area contributed by atoms with Gasteiger partial charge in [0.05, 0.1) is 0 Å². The Morgan fingerprint density at radius 3 is 2.75 bits per heavy atom. The van der Waals surface area contributed by atoms with Crippen LogP contribution in [0.1, 0.15) is 83.2 Å². The van der Waals surface area contributed by atoms with Gasteiger partial charge in [0.15, 0.2) is 5.82 Å². The molecule has 0 bridgehead atoms. The maximum Gasteiger partial charge on any atom is 0.214 e. The second kappa shape index (κ2) is 6.64. The van der Waals surface area contributed by atoms with Gasteiger partial charge in [-0.05, 0) is 61.8 Å². The van der Waals surface area contributed by atoms with Crippen molar-refractivity contribution in [3.63, 3.8) is 0 Å². The third-order valence-electron chi connectivity index (χ3n) is 6.61. The quantitative estimate of drug-likeness (QED) is 0.745. The SMILES string of the molecule is CCCC(C)(C)c1cc(O)c2c(c1)OC(C)(C)[C@@H]1CC=C(c3ncon3)C[C@@H]21. The molecule has 1 aromatic heterocycles. The van der Waals surface area contributed by atoms with E-state index in [2.05, 4.69) is 56.9 Å². The van der Waals surface area contributed by atoms with Crippen molar-refractivity contribution in [1.82, 2.24) is 10.1 Å². The summed E-state index contributed by atoms with van der Waals surface area (Å²) in [6.07, 6.45) is 7.35. The van der Waals surface area contributed by atoms with Gasteiger partial charge in [-0.25, -0.2) is 0 Å². The van der Waals surface area contributed by atoms with Crippen molar-refractivity contribution in [2.24, 2.45) is 5.92 Å². The van der Waals surface area contributed by atoms with Crippen LogP contribution in [0.25, 0.3) is 5.57 Å². The van der Waals surface area contributed by atoms with Crippen LogP contribution in [-0.4, -0.2) is 20.8 Å². The molecule has 150 valence electrons. The number of hydrogen-bond acceptors (Lipinski definition) is 5. The molecule has 1 N–H and O–H groups in total. The van der Waals surface area contributed by atoms with E-state index in [-0.39, 0.29) is 22.9 Å². The van der Waals surface area contributed by atoms with Gasteiger partial charge in [-0.15, -0.1) is 0 Å². The van der Waals surface area contributed by atoms with Crippen LogP contribution in [-0.2, 0) is 5.41 Å². The number of aromatic nitrogens is 2. The van der Waals surface area contributed by atoms with Gasteiger partial charge < -0.3 is 14.4 Å². The number of phenolic OH excluding ortho intramolecular Hbond substituents is 1. The smallest absolute Gasteiger partial charge is 0.214 e. The molecule has 0 saturated carbocycles. The average Bonchev–Trinajstić information content (AvgIpc) is 3.15. The predicted molar refractivity (Wildman–Crippen MR) is 108 cm³/mol. The van der Waals surface area contributed by atoms with Crippen LogP contribution >= 0.6 is 0 Å². The highest BCUT2D eigenvalue weighted by Gasteiger charge is 2.46. The summed E-state index contributed by atoms with van der Waals surface area (Å²) in [7, 11) is 0. The summed E-state index contributed by atoms with van der Waals surface area (Å²) in [6, 6.07) is 4.09. The minimum Gasteiger partial charge on any atom is -0.508 e. The second-order valence-corrected chi connectivity index (χ2v) is 9.38. The Bertz CT molecular complexity index is 897. The summed E-state index contributed by atoms with van der Waals surface area (Å²) in [6.45, 7) is 11.0. The fourth-order valence-electron chi connectivity index (χ4n) is 5.05. The molecule has 2 atom stereocenters. The van der Waals surface area contributed by atoms with Crippen LogP contribution in [0.5, 0.6) is 11.5 Å². The topological polar surface area (TPSA) is 68.4 Å². The van der Waals surface area contributed by atoms with E-state index in [1.165, 1.54) is 6.39 Å². The van der Waals surface area contributed by atoms with Crippen LogP contribution in [0.3, 0.4) is 0 Å². The minimum absolute atomic E-state index is 0.00608. The van der Waals surface area contributed by atoms with Crippen molar-refractivity contribution in [3.8, 4) is 11.5 Å². The number of nitrogens with zero attached hydrogens (tertiary/aromatic N) is 2. The van der Waals surface area contributed by atoms with Gasteiger partial charge in [-0.3, -0.25) is 0 Å². The first-order valence-electron chi connectivity index (χ1n) is 10.2. The number of hydrogen-bond donors (Lipinski definition) is 1. The molecule has 2 aliphatic rings. The Balaban J connectivity index is 1.78. The second-order valence-electron chi connectivity index (χ2n) is 9.38. The molecule has 0 fully saturated rings. The zero-order valence-corrected chi connectivity index (χ0v) is 17.5. The van der Waals surface area contributed by atoms with Gasteiger partial charge in [0.2, 0.25) is 6.39 Å². The van der Waals surface area contributed by atoms with Crippen LogP contribution in [0.15, 0.2) is 29.1 Å². The summed E-state index contributed by atoms with van der Waals surface area (Å²) in [5.74, 6) is 2.26. The molecule has 0 saturated heterocycles. The Labute approximate surface area is 166 Å². The molecule has 0 amide bonds. The van der Waals surface area contributed by atoms with E-state index in [0.29, 0.717) is 11.6 Å². The van der Waals surface area contributed by atoms with Crippen molar-refractivity contribution >= 4 is 5.57 Å². The highest BCUT2D eigenvalue weighted by Crippen LogP contribution is 2.55. The van der Waals surface area contributed by atoms with Crippen molar-refractivity contribution < 1.29 is 14.4 Å². The average molecular weight is 383 g/mol. The van der Waals surface area contributed by atoms with Gasteiger partial charge in [0, 0.05) is 17.4 Å². The van der Waals surface area contributed by atoms with Crippen LogP contribution in [0, 0.1) is 5.92 Å². The summed E-state index contributed by atoms with van der Waals surface area (Å²) in [5.41, 5.74) is 2.82. The van der Waals surface area contributed by atoms with Crippen molar-refractivity contribution in [1.29, 1.82) is 0 Å². The molecule has 1 aliphatic heterocycles. The fourth-order valence-corrected chi connectivity index (χ4v) is 5.05. The standard InChI is InChI=1S/C23H30N2O3/c1-6-9-22(2,3)15-11-18(26)20-16-10-14(21-24-13-27-25-21)7-8-17(16)23(4,5)28-19(20)12-15/h7,11-13,16-17,26H,6,8-10H2,1-5H3/t16-,17-/m1/s1. The molecule has 1 aliphatic carbocycles. The van der Waals surface area contributed by atoms with Gasteiger partial charge in [0.1, 0.15) is 17.1 Å². The minimum atomic E-state index is -0.309. The van der Waals surface area contributed by atoms with Gasteiger partial charge >= 0.3 is 0 Å². The van der Waals surface area contributed by atoms with E-state index in [1.54, 1.807) is 0 Å². The van der Waals surface area contributed by atoms with Crippen LogP contribution in [0.2, 0.25) is 0 Å². The van der Waals surface area contributed by atoms with E-state index >= 15 is 0 Å². The predicted octanol–water partition coefficient (Wildman–Crippen LogP) is 5.60. The number of aromatic hydroxyl groups is 1. The van der Waals surface area contributed by atoms with Crippen LogP contribution < -0.4 is 4.74 Å². The van der Waals surface area contributed by atoms with Gasteiger partial charge in [-0.1, -0.05) is 38.4 Å². The molecular weight excluding hydrogens is 352 g/mol. The van der Waals surface area contributed by atoms with Gasteiger partial charge in [0.25, 0.3) is 0 Å². The normalized spacial score (nSPS) is 23.4. The highest BCUT2D eigenvalue weighted by atomic mass is 16.5. The molecule has 2 aromatic rings. The molecule has 0 spiro atoms. The number of allylic oxidation sites excluding steroid dienone is 2. The van der Waals surface area contributed by atoms with E-state index in [4.69, 9.17) is 9.26 Å². The third-order valence-corrected chi connectivity index (χ3v) is 6.61. The maximum atomic E-state index is 11.0. The summed E-state index contributed by atoms with van der Waals surface area (Å²) in [4.78, 5) is 4.22. The lowest BCUT2D eigenvalue weighted by Crippen LogP contribution is -2.45. The zero-order chi connectivity index (χ0) is 20.1. The lowest BCUT2D eigenvalue weighted by molar-refractivity contribution is 0.00905. The number of rotatable bonds is 4. The third kappa shape index (κ3) is 3.11. The number of benzene rings is 1. The summed E-state index contributed by atoms with van der Waals surface area (Å²) in [5, 5.41) is 15.1. The Morgan fingerprint density at radius 1 is 1.29 bits per heavy atom. The molecule has 0 unspecified atom stereocenters. The van der Waals surface area contributed by atoms with E-state index in [9.17, 15) is 5.11 Å². The summed E-state index contributed by atoms with van der Waals surface area (Å²) < 4.78 is 11.4.